The van der Waals surface area contributed by atoms with E-state index in [-0.39, 0.29) is 29.6 Å². The summed E-state index contributed by atoms with van der Waals surface area (Å²) in [6, 6.07) is 0. The van der Waals surface area contributed by atoms with Crippen LogP contribution < -0.4 is 5.90 Å². The molecule has 0 radical (unpaired) electrons. The van der Waals surface area contributed by atoms with Gasteiger partial charge in [-0.05, 0) is 0 Å². The third-order valence-corrected chi connectivity index (χ3v) is 0.0962. The second-order valence-corrected chi connectivity index (χ2v) is 0.303. The molecule has 0 aromatic carbocycles. The molecule has 0 bridgehead atoms. The van der Waals surface area contributed by atoms with Crippen molar-refractivity contribution in [2.75, 3.05) is 0 Å². The van der Waals surface area contributed by atoms with Crippen LogP contribution in [0.25, 0.3) is 0 Å². The van der Waals surface area contributed by atoms with E-state index in [0.29, 0.717) is 0 Å². The molecule has 3 heteroatoms. The first-order chi connectivity index (χ1) is 1.91. The fourth-order valence-corrected chi connectivity index (χ4v) is 0. The maximum atomic E-state index is 4.41. The van der Waals surface area contributed by atoms with Crippen molar-refractivity contribution in [2.45, 2.75) is 0 Å². The SMILES string of the molecule is C=CON.[NaH]. The zero-order chi connectivity index (χ0) is 3.41. The first kappa shape index (κ1) is 9.09. The van der Waals surface area contributed by atoms with Crippen molar-refractivity contribution in [1.82, 2.24) is 0 Å². The molecule has 0 fully saturated rings. The molecule has 0 heterocycles. The number of hydrogen-bond acceptors (Lipinski definition) is 2. The minimum atomic E-state index is 0. The van der Waals surface area contributed by atoms with Crippen LogP contribution in [0.15, 0.2) is 12.8 Å². The Morgan fingerprint density at radius 3 is 2.00 bits per heavy atom. The summed E-state index contributed by atoms with van der Waals surface area (Å²) in [5, 5.41) is 0. The van der Waals surface area contributed by atoms with Gasteiger partial charge in [0.05, 0.1) is 0 Å². The topological polar surface area (TPSA) is 35.2 Å². The van der Waals surface area contributed by atoms with E-state index < -0.39 is 0 Å². The summed E-state index contributed by atoms with van der Waals surface area (Å²) >= 11 is 0. The molecule has 0 aliphatic rings. The Kier molecular flexibility index (Phi) is 16.0. The minimum absolute atomic E-state index is 0. The summed E-state index contributed by atoms with van der Waals surface area (Å²) in [6.45, 7) is 3.13. The van der Waals surface area contributed by atoms with Gasteiger partial charge in [-0.25, -0.2) is 0 Å². The third-order valence-electron chi connectivity index (χ3n) is 0.0962. The van der Waals surface area contributed by atoms with Gasteiger partial charge >= 0.3 is 29.6 Å². The maximum absolute atomic E-state index is 4.41. The van der Waals surface area contributed by atoms with Crippen LogP contribution in [0.5, 0.6) is 0 Å². The quantitative estimate of drug-likeness (QED) is 0.260. The van der Waals surface area contributed by atoms with Gasteiger partial charge in [0.1, 0.15) is 6.26 Å². The van der Waals surface area contributed by atoms with Crippen molar-refractivity contribution < 1.29 is 4.84 Å². The van der Waals surface area contributed by atoms with E-state index in [9.17, 15) is 0 Å². The Hall–Kier alpha value is 0.500. The van der Waals surface area contributed by atoms with Crippen LogP contribution in [-0.2, 0) is 4.84 Å². The average Bonchev–Trinajstić information content (AvgIpc) is 1.37. The van der Waals surface area contributed by atoms with Crippen LogP contribution in [0.2, 0.25) is 0 Å². The van der Waals surface area contributed by atoms with Gasteiger partial charge in [0.25, 0.3) is 0 Å². The van der Waals surface area contributed by atoms with Crippen molar-refractivity contribution in [3.8, 4) is 0 Å². The predicted molar refractivity (Wildman–Crippen MR) is 22.6 cm³/mol. The van der Waals surface area contributed by atoms with Gasteiger partial charge in [-0.1, -0.05) is 6.58 Å². The van der Waals surface area contributed by atoms with Crippen LogP contribution >= 0.6 is 0 Å². The molecule has 0 saturated carbocycles. The van der Waals surface area contributed by atoms with Crippen LogP contribution in [0.1, 0.15) is 0 Å². The summed E-state index contributed by atoms with van der Waals surface area (Å²) in [7, 11) is 0. The van der Waals surface area contributed by atoms with E-state index in [4.69, 9.17) is 0 Å². The molecular weight excluding hydrogens is 77.0 g/mol. The molecule has 0 rings (SSSR count). The Labute approximate surface area is 53.2 Å². The van der Waals surface area contributed by atoms with Gasteiger partial charge in [0.2, 0.25) is 0 Å². The van der Waals surface area contributed by atoms with E-state index in [1.165, 1.54) is 0 Å². The molecule has 2 N–H and O–H groups in total. The van der Waals surface area contributed by atoms with Crippen LogP contribution in [0, 0.1) is 0 Å². The van der Waals surface area contributed by atoms with Crippen LogP contribution in [-0.4, -0.2) is 29.6 Å². The van der Waals surface area contributed by atoms with E-state index in [1.807, 2.05) is 0 Å². The second-order valence-electron chi connectivity index (χ2n) is 0.303. The molecule has 0 atom stereocenters. The predicted octanol–water partition coefficient (Wildman–Crippen LogP) is -0.628. The molecule has 0 aromatic heterocycles. The molecule has 0 saturated heterocycles. The Morgan fingerprint density at radius 1 is 1.80 bits per heavy atom. The normalized spacial score (nSPS) is 4.20. The Morgan fingerprint density at radius 2 is 2.00 bits per heavy atom. The molecule has 26 valence electrons. The summed E-state index contributed by atoms with van der Waals surface area (Å²) in [4.78, 5) is 3.81. The summed E-state index contributed by atoms with van der Waals surface area (Å²) in [5.74, 6) is 4.41. The Bertz CT molecular complexity index is 23.6. The first-order valence-electron chi connectivity index (χ1n) is 0.880. The molecule has 2 nitrogen and oxygen atoms in total. The molecule has 0 unspecified atom stereocenters. The Balaban J connectivity index is 0. The number of hydrogen-bond donors (Lipinski definition) is 1. The fourth-order valence-electron chi connectivity index (χ4n) is 0. The molecule has 0 aromatic rings. The third kappa shape index (κ3) is 12.5. The molecule has 0 aliphatic heterocycles. The number of nitrogens with two attached hydrogens (primary N) is 1. The first-order valence-corrected chi connectivity index (χ1v) is 0.880. The van der Waals surface area contributed by atoms with Crippen LogP contribution in [0.3, 0.4) is 0 Å². The van der Waals surface area contributed by atoms with Gasteiger partial charge in [-0.2, -0.15) is 5.90 Å². The van der Waals surface area contributed by atoms with Gasteiger partial charge in [0.15, 0.2) is 0 Å². The fraction of sp³-hybridized carbons (Fsp3) is 0. The van der Waals surface area contributed by atoms with E-state index >= 15 is 0 Å². The van der Waals surface area contributed by atoms with Gasteiger partial charge in [-0.15, -0.1) is 0 Å². The molecule has 0 aliphatic carbocycles. The molecule has 0 spiro atoms. The summed E-state index contributed by atoms with van der Waals surface area (Å²) < 4.78 is 0. The van der Waals surface area contributed by atoms with Gasteiger partial charge in [-0.3, -0.25) is 0 Å². The van der Waals surface area contributed by atoms with E-state index in [2.05, 4.69) is 17.3 Å². The van der Waals surface area contributed by atoms with Crippen molar-refractivity contribution >= 4 is 29.6 Å². The molecule has 5 heavy (non-hydrogen) atoms. The van der Waals surface area contributed by atoms with Crippen molar-refractivity contribution in [3.05, 3.63) is 12.8 Å². The standard InChI is InChI=1S/C2H5NO.Na.H/c1-2-4-3;;/h2H,1,3H2;;. The zero-order valence-electron chi connectivity index (χ0n) is 2.27. The number of rotatable bonds is 1. The van der Waals surface area contributed by atoms with Crippen molar-refractivity contribution in [3.63, 3.8) is 0 Å². The molecular formula is C2H6NNaO. The second kappa shape index (κ2) is 8.82. The summed E-state index contributed by atoms with van der Waals surface area (Å²) in [6.07, 6.45) is 1.15. The van der Waals surface area contributed by atoms with Crippen molar-refractivity contribution in [1.29, 1.82) is 0 Å². The van der Waals surface area contributed by atoms with Gasteiger partial charge in [0, 0.05) is 0 Å². The van der Waals surface area contributed by atoms with Crippen molar-refractivity contribution in [2.24, 2.45) is 5.90 Å². The van der Waals surface area contributed by atoms with E-state index in [1.54, 1.807) is 0 Å². The zero-order valence-corrected chi connectivity index (χ0v) is 2.27. The molecule has 0 amide bonds. The summed E-state index contributed by atoms with van der Waals surface area (Å²) in [5.41, 5.74) is 0. The van der Waals surface area contributed by atoms with Gasteiger partial charge < -0.3 is 4.84 Å². The van der Waals surface area contributed by atoms with Crippen LogP contribution in [0.4, 0.5) is 0 Å². The van der Waals surface area contributed by atoms with E-state index in [0.717, 1.165) is 6.26 Å². The monoisotopic (exact) mass is 83.0 g/mol. The average molecular weight is 83.1 g/mol.